The highest BCUT2D eigenvalue weighted by Gasteiger charge is 2.21. The minimum Gasteiger partial charge on any atom is -0.472 e. The summed E-state index contributed by atoms with van der Waals surface area (Å²) in [5.41, 5.74) is 5.32. The molecule has 0 atom stereocenters. The van der Waals surface area contributed by atoms with Crippen molar-refractivity contribution in [3.63, 3.8) is 0 Å². The number of nitrogens with two attached hydrogens (primary N) is 1. The molecule has 5 heteroatoms. The highest BCUT2D eigenvalue weighted by atomic mass is 16.4. The minimum absolute atomic E-state index is 0.250. The zero-order chi connectivity index (χ0) is 9.14. The fourth-order valence-electron chi connectivity index (χ4n) is 1.12. The van der Waals surface area contributed by atoms with Crippen LogP contribution < -0.4 is 10.3 Å². The molecule has 0 aliphatic heterocycles. The third-order valence-corrected chi connectivity index (χ3v) is 1.64. The van der Waals surface area contributed by atoms with Crippen LogP contribution in [0.4, 0.5) is 0 Å². The van der Waals surface area contributed by atoms with E-state index < -0.39 is 5.97 Å². The number of carbonyl (C=O) groups is 1. The summed E-state index contributed by atoms with van der Waals surface area (Å²) in [6.45, 7) is 0.970. The predicted molar refractivity (Wildman–Crippen MR) is 41.6 cm³/mol. The monoisotopic (exact) mass is 170 g/mol. The average Bonchev–Trinajstić information content (AvgIpc) is 2.32. The van der Waals surface area contributed by atoms with E-state index in [0.717, 1.165) is 0 Å². The van der Waals surface area contributed by atoms with Crippen molar-refractivity contribution in [2.45, 2.75) is 6.54 Å². The first kappa shape index (κ1) is 8.73. The highest BCUT2D eigenvalue weighted by Crippen LogP contribution is 1.93. The lowest BCUT2D eigenvalue weighted by molar-refractivity contribution is -0.673. The topological polar surface area (TPSA) is 72.1 Å². The number of aryl methyl sites for hydroxylation is 1. The molecule has 0 aromatic carbocycles. The zero-order valence-corrected chi connectivity index (χ0v) is 6.90. The molecule has 0 bridgehead atoms. The van der Waals surface area contributed by atoms with Gasteiger partial charge in [0, 0.05) is 6.54 Å². The van der Waals surface area contributed by atoms with Crippen molar-refractivity contribution in [3.05, 3.63) is 18.2 Å². The van der Waals surface area contributed by atoms with Crippen LogP contribution in [-0.4, -0.2) is 22.2 Å². The van der Waals surface area contributed by atoms with Crippen molar-refractivity contribution in [3.8, 4) is 0 Å². The number of carboxylic acid groups (broad SMARTS) is 1. The summed E-state index contributed by atoms with van der Waals surface area (Å²) in [6.07, 6.45) is 3.40. The predicted octanol–water partition coefficient (Wildman–Crippen LogP) is -1.03. The summed E-state index contributed by atoms with van der Waals surface area (Å²) in [6, 6.07) is 0. The second-order valence-corrected chi connectivity index (χ2v) is 2.52. The quantitative estimate of drug-likeness (QED) is 0.570. The van der Waals surface area contributed by atoms with E-state index in [1.807, 2.05) is 0 Å². The number of hydrogen-bond acceptors (Lipinski definition) is 2. The van der Waals surface area contributed by atoms with Gasteiger partial charge in [0.25, 0.3) is 0 Å². The molecule has 1 aromatic heterocycles. The van der Waals surface area contributed by atoms with Gasteiger partial charge < -0.3 is 10.8 Å². The summed E-state index contributed by atoms with van der Waals surface area (Å²) >= 11 is 0. The molecular weight excluding hydrogens is 158 g/mol. The normalized spacial score (nSPS) is 10.2. The Hall–Kier alpha value is -1.36. The molecule has 1 heterocycles. The summed E-state index contributed by atoms with van der Waals surface area (Å²) < 4.78 is 3.17. The molecule has 1 aromatic rings. The van der Waals surface area contributed by atoms with E-state index >= 15 is 0 Å². The Balaban J connectivity index is 3.04. The lowest BCUT2D eigenvalue weighted by Gasteiger charge is -1.95. The first-order chi connectivity index (χ1) is 5.66. The van der Waals surface area contributed by atoms with Crippen molar-refractivity contribution in [1.82, 2.24) is 4.57 Å². The third-order valence-electron chi connectivity index (χ3n) is 1.64. The van der Waals surface area contributed by atoms with Crippen molar-refractivity contribution in [1.29, 1.82) is 0 Å². The standard InChI is InChI=1S/C7H11N3O2/c1-9-4-5-10(3-2-8)6(9)7(11)12/h4-5H,2-3,8H2,1H3/p+1. The first-order valence-corrected chi connectivity index (χ1v) is 3.65. The lowest BCUT2D eigenvalue weighted by Crippen LogP contribution is -2.35. The lowest BCUT2D eigenvalue weighted by atomic mass is 10.5. The van der Waals surface area contributed by atoms with E-state index in [2.05, 4.69) is 0 Å². The Morgan fingerprint density at radius 1 is 1.83 bits per heavy atom. The van der Waals surface area contributed by atoms with E-state index in [0.29, 0.717) is 13.1 Å². The van der Waals surface area contributed by atoms with Crippen molar-refractivity contribution < 1.29 is 14.5 Å². The Bertz CT molecular complexity index is 293. The molecule has 0 saturated heterocycles. The second-order valence-electron chi connectivity index (χ2n) is 2.52. The Morgan fingerprint density at radius 2 is 2.50 bits per heavy atom. The van der Waals surface area contributed by atoms with E-state index in [-0.39, 0.29) is 5.82 Å². The molecule has 0 fully saturated rings. The summed E-state index contributed by atoms with van der Waals surface area (Å²) in [5.74, 6) is -0.684. The van der Waals surface area contributed by atoms with Crippen molar-refractivity contribution in [2.24, 2.45) is 12.8 Å². The smallest absolute Gasteiger partial charge is 0.419 e. The number of hydrogen-bond donors (Lipinski definition) is 2. The van der Waals surface area contributed by atoms with Crippen LogP contribution in [0.15, 0.2) is 12.4 Å². The molecule has 0 spiro atoms. The second kappa shape index (κ2) is 3.36. The van der Waals surface area contributed by atoms with Crippen LogP contribution in [0.2, 0.25) is 0 Å². The first-order valence-electron chi connectivity index (χ1n) is 3.65. The maximum absolute atomic E-state index is 10.7. The maximum Gasteiger partial charge on any atom is 0.419 e. The van der Waals surface area contributed by atoms with Crippen LogP contribution in [0.3, 0.4) is 0 Å². The van der Waals surface area contributed by atoms with Gasteiger partial charge in [0.1, 0.15) is 18.9 Å². The van der Waals surface area contributed by atoms with Gasteiger partial charge in [-0.15, -0.1) is 0 Å². The average molecular weight is 170 g/mol. The van der Waals surface area contributed by atoms with E-state index in [1.165, 1.54) is 0 Å². The summed E-state index contributed by atoms with van der Waals surface area (Å²) in [7, 11) is 1.69. The van der Waals surface area contributed by atoms with Crippen LogP contribution in [0, 0.1) is 0 Å². The molecule has 0 aliphatic carbocycles. The van der Waals surface area contributed by atoms with Gasteiger partial charge in [-0.05, 0) is 0 Å². The van der Waals surface area contributed by atoms with Gasteiger partial charge >= 0.3 is 11.8 Å². The fourth-order valence-corrected chi connectivity index (χ4v) is 1.12. The molecule has 66 valence electrons. The molecule has 1 rings (SSSR count). The number of rotatable bonds is 3. The van der Waals surface area contributed by atoms with Crippen molar-refractivity contribution >= 4 is 5.97 Å². The Morgan fingerprint density at radius 3 is 3.00 bits per heavy atom. The van der Waals surface area contributed by atoms with E-state index in [9.17, 15) is 4.79 Å². The van der Waals surface area contributed by atoms with Crippen LogP contribution in [0.25, 0.3) is 0 Å². The number of imidazole rings is 1. The van der Waals surface area contributed by atoms with Gasteiger partial charge in [0.05, 0.1) is 7.05 Å². The fraction of sp³-hybridized carbons (Fsp3) is 0.429. The molecule has 0 aliphatic rings. The molecule has 0 radical (unpaired) electrons. The third kappa shape index (κ3) is 1.45. The summed E-state index contributed by atoms with van der Waals surface area (Å²) in [5, 5.41) is 8.78. The summed E-state index contributed by atoms with van der Waals surface area (Å²) in [4.78, 5) is 10.7. The van der Waals surface area contributed by atoms with Crippen LogP contribution >= 0.6 is 0 Å². The van der Waals surface area contributed by atoms with Gasteiger partial charge in [-0.2, -0.15) is 0 Å². The Labute approximate surface area is 70.0 Å². The van der Waals surface area contributed by atoms with Gasteiger partial charge in [-0.1, -0.05) is 0 Å². The number of aromatic carboxylic acids is 1. The molecule has 3 N–H and O–H groups in total. The number of aromatic nitrogens is 2. The van der Waals surface area contributed by atoms with Gasteiger partial charge in [0.15, 0.2) is 0 Å². The molecule has 5 nitrogen and oxygen atoms in total. The molecule has 0 saturated carbocycles. The van der Waals surface area contributed by atoms with Gasteiger partial charge in [0.2, 0.25) is 0 Å². The SMILES string of the molecule is C[n+]1ccn(CCN)c1C(=O)O. The minimum atomic E-state index is -0.934. The molecule has 12 heavy (non-hydrogen) atoms. The van der Waals surface area contributed by atoms with Crippen molar-refractivity contribution in [2.75, 3.05) is 6.54 Å². The van der Waals surface area contributed by atoms with Crippen LogP contribution in [-0.2, 0) is 13.6 Å². The van der Waals surface area contributed by atoms with Gasteiger partial charge in [-0.25, -0.2) is 13.9 Å². The van der Waals surface area contributed by atoms with E-state index in [1.54, 1.807) is 28.6 Å². The largest absolute Gasteiger partial charge is 0.472 e. The number of nitrogens with zero attached hydrogens (tertiary/aromatic N) is 2. The maximum atomic E-state index is 10.7. The van der Waals surface area contributed by atoms with Crippen LogP contribution in [0.5, 0.6) is 0 Å². The van der Waals surface area contributed by atoms with Crippen LogP contribution in [0.1, 0.15) is 10.6 Å². The molecule has 0 unspecified atom stereocenters. The number of carboxylic acids is 1. The zero-order valence-electron chi connectivity index (χ0n) is 6.90. The van der Waals surface area contributed by atoms with E-state index in [4.69, 9.17) is 10.8 Å². The van der Waals surface area contributed by atoms with Gasteiger partial charge in [-0.3, -0.25) is 0 Å². The molecule has 0 amide bonds. The molecular formula is C7H12N3O2+. The Kier molecular flexibility index (Phi) is 2.44. The highest BCUT2D eigenvalue weighted by molar-refractivity contribution is 5.81.